The molecular formula is C13H10FNO2S. The van der Waals surface area contributed by atoms with Crippen molar-refractivity contribution in [2.45, 2.75) is 4.90 Å². The van der Waals surface area contributed by atoms with Gasteiger partial charge in [0.1, 0.15) is 0 Å². The topological polar surface area (TPSA) is 39.1 Å². The highest BCUT2D eigenvalue weighted by molar-refractivity contribution is 7.86. The molecule has 0 saturated heterocycles. The molecule has 0 amide bonds. The fourth-order valence-electron chi connectivity index (χ4n) is 2.30. The second-order valence-corrected chi connectivity index (χ2v) is 5.54. The van der Waals surface area contributed by atoms with Crippen LogP contribution in [0, 0.1) is 0 Å². The first kappa shape index (κ1) is 11.2. The zero-order chi connectivity index (χ0) is 12.9. The van der Waals surface area contributed by atoms with E-state index < -0.39 is 10.2 Å². The Bertz CT molecular complexity index is 865. The molecule has 0 aliphatic heterocycles. The van der Waals surface area contributed by atoms with Gasteiger partial charge in [0.15, 0.2) is 0 Å². The number of aromatic nitrogens is 1. The Morgan fingerprint density at radius 1 is 1.00 bits per heavy atom. The van der Waals surface area contributed by atoms with Crippen molar-refractivity contribution in [1.29, 1.82) is 0 Å². The van der Waals surface area contributed by atoms with E-state index in [4.69, 9.17) is 0 Å². The van der Waals surface area contributed by atoms with E-state index in [9.17, 15) is 12.3 Å². The Morgan fingerprint density at radius 3 is 2.39 bits per heavy atom. The normalized spacial score (nSPS) is 12.3. The molecule has 1 heterocycles. The Morgan fingerprint density at radius 2 is 1.67 bits per heavy atom. The molecule has 3 aromatic rings. The minimum Gasteiger partial charge on any atom is -0.344 e. The van der Waals surface area contributed by atoms with Gasteiger partial charge in [0.05, 0.1) is 4.90 Å². The van der Waals surface area contributed by atoms with Crippen LogP contribution >= 0.6 is 0 Å². The van der Waals surface area contributed by atoms with Gasteiger partial charge in [0, 0.05) is 28.9 Å². The quantitative estimate of drug-likeness (QED) is 0.633. The van der Waals surface area contributed by atoms with E-state index in [0.717, 1.165) is 21.8 Å². The molecule has 0 fully saturated rings. The number of rotatable bonds is 1. The number of hydrogen-bond acceptors (Lipinski definition) is 2. The van der Waals surface area contributed by atoms with Crippen molar-refractivity contribution in [3.63, 3.8) is 0 Å². The third kappa shape index (κ3) is 1.51. The molecule has 0 spiro atoms. The van der Waals surface area contributed by atoms with Gasteiger partial charge in [0.25, 0.3) is 0 Å². The lowest BCUT2D eigenvalue weighted by Gasteiger charge is -1.98. The van der Waals surface area contributed by atoms with Gasteiger partial charge in [-0.3, -0.25) is 0 Å². The number of para-hydroxylation sites is 1. The molecule has 3 nitrogen and oxygen atoms in total. The molecule has 0 bridgehead atoms. The molecule has 0 radical (unpaired) electrons. The van der Waals surface area contributed by atoms with E-state index in [1.165, 1.54) is 12.1 Å². The van der Waals surface area contributed by atoms with Crippen LogP contribution in [0.15, 0.2) is 47.4 Å². The first-order valence-electron chi connectivity index (χ1n) is 5.40. The maximum atomic E-state index is 13.0. The molecule has 0 atom stereocenters. The van der Waals surface area contributed by atoms with E-state index in [2.05, 4.69) is 0 Å². The van der Waals surface area contributed by atoms with E-state index in [1.807, 2.05) is 35.9 Å². The van der Waals surface area contributed by atoms with Crippen molar-refractivity contribution in [1.82, 2.24) is 4.57 Å². The van der Waals surface area contributed by atoms with Gasteiger partial charge in [0.2, 0.25) is 0 Å². The van der Waals surface area contributed by atoms with Gasteiger partial charge in [-0.15, -0.1) is 3.89 Å². The summed E-state index contributed by atoms with van der Waals surface area (Å²) in [6, 6.07) is 11.9. The highest BCUT2D eigenvalue weighted by Gasteiger charge is 2.15. The van der Waals surface area contributed by atoms with Crippen LogP contribution in [0.3, 0.4) is 0 Å². The van der Waals surface area contributed by atoms with E-state index in [-0.39, 0.29) is 4.90 Å². The number of nitrogens with zero attached hydrogens (tertiary/aromatic N) is 1. The number of halogens is 1. The predicted octanol–water partition coefficient (Wildman–Crippen LogP) is 2.99. The predicted molar refractivity (Wildman–Crippen MR) is 68.7 cm³/mol. The lowest BCUT2D eigenvalue weighted by atomic mass is 10.1. The number of benzene rings is 2. The molecule has 0 aliphatic rings. The SMILES string of the molecule is Cn1c2ccccc2c2cc(S(=O)(=O)F)ccc21. The van der Waals surface area contributed by atoms with Gasteiger partial charge in [-0.1, -0.05) is 18.2 Å². The zero-order valence-electron chi connectivity index (χ0n) is 9.59. The summed E-state index contributed by atoms with van der Waals surface area (Å²) in [5, 5.41) is 1.66. The van der Waals surface area contributed by atoms with E-state index in [1.54, 1.807) is 6.07 Å². The number of hydrogen-bond donors (Lipinski definition) is 0. The Balaban J connectivity index is 2.51. The number of aryl methyl sites for hydroxylation is 1. The maximum Gasteiger partial charge on any atom is 0.332 e. The summed E-state index contributed by atoms with van der Waals surface area (Å²) in [4.78, 5) is -0.300. The molecule has 1 aromatic heterocycles. The third-order valence-corrected chi connectivity index (χ3v) is 3.98. The van der Waals surface area contributed by atoms with Crippen molar-refractivity contribution in [2.24, 2.45) is 7.05 Å². The van der Waals surface area contributed by atoms with Crippen LogP contribution in [0.5, 0.6) is 0 Å². The van der Waals surface area contributed by atoms with Gasteiger partial charge in [-0.05, 0) is 24.3 Å². The molecule has 0 aliphatic carbocycles. The number of fused-ring (bicyclic) bond motifs is 3. The Hall–Kier alpha value is -1.88. The fourth-order valence-corrected chi connectivity index (χ4v) is 2.79. The van der Waals surface area contributed by atoms with Gasteiger partial charge in [-0.25, -0.2) is 0 Å². The molecule has 2 aromatic carbocycles. The molecule has 0 saturated carbocycles. The van der Waals surface area contributed by atoms with Crippen molar-refractivity contribution in [2.75, 3.05) is 0 Å². The fraction of sp³-hybridized carbons (Fsp3) is 0.0769. The lowest BCUT2D eigenvalue weighted by molar-refractivity contribution is 0.552. The monoisotopic (exact) mass is 263 g/mol. The van der Waals surface area contributed by atoms with Crippen LogP contribution in [-0.4, -0.2) is 13.0 Å². The summed E-state index contributed by atoms with van der Waals surface area (Å²) < 4.78 is 36.9. The van der Waals surface area contributed by atoms with Crippen LogP contribution in [-0.2, 0) is 17.3 Å². The van der Waals surface area contributed by atoms with Crippen LogP contribution in [0.1, 0.15) is 0 Å². The summed E-state index contributed by atoms with van der Waals surface area (Å²) in [5.74, 6) is 0. The van der Waals surface area contributed by atoms with E-state index >= 15 is 0 Å². The molecule has 5 heteroatoms. The summed E-state index contributed by atoms with van der Waals surface area (Å²) in [6.07, 6.45) is 0. The van der Waals surface area contributed by atoms with Gasteiger partial charge < -0.3 is 4.57 Å². The molecule has 92 valence electrons. The van der Waals surface area contributed by atoms with Crippen LogP contribution in [0.2, 0.25) is 0 Å². The highest BCUT2D eigenvalue weighted by atomic mass is 32.3. The van der Waals surface area contributed by atoms with Gasteiger partial charge in [-0.2, -0.15) is 8.42 Å². The van der Waals surface area contributed by atoms with Crippen molar-refractivity contribution < 1.29 is 12.3 Å². The van der Waals surface area contributed by atoms with Crippen LogP contribution in [0.25, 0.3) is 21.8 Å². The van der Waals surface area contributed by atoms with Crippen molar-refractivity contribution in [3.05, 3.63) is 42.5 Å². The van der Waals surface area contributed by atoms with Crippen LogP contribution in [0.4, 0.5) is 3.89 Å². The molecular weight excluding hydrogens is 253 g/mol. The average molecular weight is 263 g/mol. The largest absolute Gasteiger partial charge is 0.344 e. The third-order valence-electron chi connectivity index (χ3n) is 3.17. The molecule has 0 N–H and O–H groups in total. The van der Waals surface area contributed by atoms with Crippen LogP contribution < -0.4 is 0 Å². The average Bonchev–Trinajstić information content (AvgIpc) is 2.63. The maximum absolute atomic E-state index is 13.0. The first-order valence-corrected chi connectivity index (χ1v) is 6.79. The van der Waals surface area contributed by atoms with Crippen molar-refractivity contribution >= 4 is 32.0 Å². The summed E-state index contributed by atoms with van der Waals surface area (Å²) in [5.41, 5.74) is 1.87. The molecule has 0 unspecified atom stereocenters. The molecule has 18 heavy (non-hydrogen) atoms. The Kier molecular flexibility index (Phi) is 2.22. The Labute approximate surface area is 104 Å². The second kappa shape index (κ2) is 3.55. The first-order chi connectivity index (χ1) is 8.48. The van der Waals surface area contributed by atoms with E-state index in [0.29, 0.717) is 0 Å². The summed E-state index contributed by atoms with van der Waals surface area (Å²) >= 11 is 0. The lowest BCUT2D eigenvalue weighted by Crippen LogP contribution is -1.92. The highest BCUT2D eigenvalue weighted by Crippen LogP contribution is 2.30. The summed E-state index contributed by atoms with van der Waals surface area (Å²) in [6.45, 7) is 0. The van der Waals surface area contributed by atoms with Crippen molar-refractivity contribution in [3.8, 4) is 0 Å². The summed E-state index contributed by atoms with van der Waals surface area (Å²) in [7, 11) is -2.77. The minimum atomic E-state index is -4.66. The standard InChI is InChI=1S/C13H10FNO2S/c1-15-12-5-3-2-4-10(12)11-8-9(18(14,16)17)6-7-13(11)15/h2-8H,1H3. The van der Waals surface area contributed by atoms with Gasteiger partial charge >= 0.3 is 10.2 Å². The second-order valence-electron chi connectivity index (χ2n) is 4.19. The smallest absolute Gasteiger partial charge is 0.332 e. The molecule has 3 rings (SSSR count). The zero-order valence-corrected chi connectivity index (χ0v) is 10.4. The minimum absolute atomic E-state index is 0.300.